The van der Waals surface area contributed by atoms with Crippen molar-refractivity contribution in [1.82, 2.24) is 4.98 Å². The third kappa shape index (κ3) is 3.76. The lowest BCUT2D eigenvalue weighted by molar-refractivity contribution is -0.132. The highest BCUT2D eigenvalue weighted by Gasteiger charge is 2.48. The smallest absolute Gasteiger partial charge is 0.301 e. The molecule has 1 atom stereocenters. The van der Waals surface area contributed by atoms with Crippen molar-refractivity contribution in [2.45, 2.75) is 6.04 Å². The Kier molecular flexibility index (Phi) is 5.66. The molecule has 1 N–H and O–H groups in total. The van der Waals surface area contributed by atoms with Crippen LogP contribution in [-0.4, -0.2) is 28.9 Å². The molecule has 1 fully saturated rings. The molecule has 0 spiro atoms. The zero-order valence-electron chi connectivity index (χ0n) is 17.7. The molecule has 0 radical (unpaired) electrons. The molecule has 1 saturated heterocycles. The quantitative estimate of drug-likeness (QED) is 0.201. The van der Waals surface area contributed by atoms with Crippen molar-refractivity contribution in [1.29, 1.82) is 0 Å². The molecule has 6 nitrogen and oxygen atoms in total. The second-order valence-electron chi connectivity index (χ2n) is 7.56. The molecule has 1 aliphatic heterocycles. The Morgan fingerprint density at radius 1 is 1.12 bits per heavy atom. The van der Waals surface area contributed by atoms with Crippen LogP contribution in [-0.2, 0) is 9.59 Å². The van der Waals surface area contributed by atoms with E-state index in [4.69, 9.17) is 4.74 Å². The van der Waals surface area contributed by atoms with Crippen molar-refractivity contribution in [2.75, 3.05) is 12.0 Å². The third-order valence-electron chi connectivity index (χ3n) is 5.52. The summed E-state index contributed by atoms with van der Waals surface area (Å²) < 4.78 is 20.3. The van der Waals surface area contributed by atoms with Gasteiger partial charge in [0.1, 0.15) is 17.3 Å². The van der Waals surface area contributed by atoms with E-state index in [1.54, 1.807) is 48.5 Å². The minimum atomic E-state index is -0.926. The summed E-state index contributed by atoms with van der Waals surface area (Å²) in [5, 5.41) is 11.4. The molecule has 2 heterocycles. The number of methoxy groups -OCH3 is 1. The maximum Gasteiger partial charge on any atom is 0.301 e. The molecule has 34 heavy (non-hydrogen) atoms. The van der Waals surface area contributed by atoms with Gasteiger partial charge < -0.3 is 9.84 Å². The van der Waals surface area contributed by atoms with Crippen molar-refractivity contribution in [3.63, 3.8) is 0 Å². The van der Waals surface area contributed by atoms with Gasteiger partial charge in [0.2, 0.25) is 0 Å². The molecule has 1 aromatic heterocycles. The average molecular weight is 539 g/mol. The molecule has 0 bridgehead atoms. The summed E-state index contributed by atoms with van der Waals surface area (Å²) >= 11 is 4.50. The van der Waals surface area contributed by atoms with Gasteiger partial charge in [-0.05, 0) is 48.0 Å². The van der Waals surface area contributed by atoms with Gasteiger partial charge in [-0.1, -0.05) is 51.5 Å². The van der Waals surface area contributed by atoms with Gasteiger partial charge in [0.25, 0.3) is 5.78 Å². The van der Waals surface area contributed by atoms with E-state index in [1.165, 1.54) is 30.2 Å². The maximum absolute atomic E-state index is 13.7. The van der Waals surface area contributed by atoms with Crippen LogP contribution in [0.4, 0.5) is 9.52 Å². The minimum absolute atomic E-state index is 0.0639. The molecule has 1 aliphatic rings. The van der Waals surface area contributed by atoms with Crippen molar-refractivity contribution in [3.05, 3.63) is 93.7 Å². The lowest BCUT2D eigenvalue weighted by Crippen LogP contribution is -2.29. The molecule has 9 heteroatoms. The normalized spacial score (nSPS) is 17.5. The number of fused-ring (bicyclic) bond motifs is 1. The zero-order valence-corrected chi connectivity index (χ0v) is 20.1. The molecule has 5 rings (SSSR count). The van der Waals surface area contributed by atoms with Gasteiger partial charge in [0, 0.05) is 10.0 Å². The van der Waals surface area contributed by atoms with Crippen molar-refractivity contribution >= 4 is 60.1 Å². The van der Waals surface area contributed by atoms with E-state index in [-0.39, 0.29) is 16.5 Å². The zero-order chi connectivity index (χ0) is 24.0. The first-order chi connectivity index (χ1) is 16.4. The SMILES string of the molecule is COc1cccc(C(O)=C2C(=O)C(=O)N(c3nc4ccc(F)cc4s3)C2c2ccc(Br)cc2)c1. The second-order valence-corrected chi connectivity index (χ2v) is 9.49. The van der Waals surface area contributed by atoms with Gasteiger partial charge in [-0.25, -0.2) is 9.37 Å². The largest absolute Gasteiger partial charge is 0.507 e. The van der Waals surface area contributed by atoms with Gasteiger partial charge >= 0.3 is 5.91 Å². The number of Topliss-reactive ketones (excluding diaryl/α,β-unsaturated/α-hetero) is 1. The Morgan fingerprint density at radius 2 is 1.88 bits per heavy atom. The summed E-state index contributed by atoms with van der Waals surface area (Å²) in [6.07, 6.45) is 0. The van der Waals surface area contributed by atoms with Crippen LogP contribution in [0.2, 0.25) is 0 Å². The number of benzene rings is 3. The number of carbonyl (C=O) groups excluding carboxylic acids is 2. The summed E-state index contributed by atoms with van der Waals surface area (Å²) in [6, 6.07) is 16.9. The van der Waals surface area contributed by atoms with Crippen LogP contribution < -0.4 is 9.64 Å². The Morgan fingerprint density at radius 3 is 2.62 bits per heavy atom. The number of amides is 1. The van der Waals surface area contributed by atoms with Crippen LogP contribution in [0.25, 0.3) is 16.0 Å². The Hall–Kier alpha value is -3.56. The van der Waals surface area contributed by atoms with Crippen LogP contribution in [0.5, 0.6) is 5.75 Å². The Labute approximate surface area is 206 Å². The number of rotatable bonds is 4. The summed E-state index contributed by atoms with van der Waals surface area (Å²) in [5.74, 6) is -1.91. The highest BCUT2D eigenvalue weighted by molar-refractivity contribution is 9.10. The fraction of sp³-hybridized carbons (Fsp3) is 0.0800. The standard InChI is InChI=1S/C25H16BrFN2O4S/c1-33-17-4-2-3-14(11-17)22(30)20-21(13-5-7-15(26)8-6-13)29(24(32)23(20)31)25-28-18-10-9-16(27)12-19(18)34-25/h2-12,21,30H,1H3. The van der Waals surface area contributed by atoms with E-state index in [2.05, 4.69) is 20.9 Å². The second kappa shape index (κ2) is 8.66. The minimum Gasteiger partial charge on any atom is -0.507 e. The number of ketones is 1. The van der Waals surface area contributed by atoms with E-state index in [0.29, 0.717) is 27.1 Å². The molecule has 0 aliphatic carbocycles. The summed E-state index contributed by atoms with van der Waals surface area (Å²) in [6.45, 7) is 0. The first kappa shape index (κ1) is 22.2. The van der Waals surface area contributed by atoms with Gasteiger partial charge in [-0.2, -0.15) is 0 Å². The number of hydrogen-bond donors (Lipinski definition) is 1. The van der Waals surface area contributed by atoms with E-state index < -0.39 is 23.5 Å². The van der Waals surface area contributed by atoms with Crippen molar-refractivity contribution < 1.29 is 23.8 Å². The fourth-order valence-corrected chi connectivity index (χ4v) is 5.19. The lowest BCUT2D eigenvalue weighted by atomic mass is 9.95. The fourth-order valence-electron chi connectivity index (χ4n) is 3.91. The number of aliphatic hydroxyl groups excluding tert-OH is 1. The number of carbonyl (C=O) groups is 2. The summed E-state index contributed by atoms with van der Waals surface area (Å²) in [5.41, 5.74) is 1.39. The van der Waals surface area contributed by atoms with Crippen LogP contribution in [0.1, 0.15) is 17.2 Å². The number of aliphatic hydroxyl groups is 1. The molecule has 0 saturated carbocycles. The number of halogens is 2. The topological polar surface area (TPSA) is 79.7 Å². The molecule has 170 valence electrons. The summed E-state index contributed by atoms with van der Waals surface area (Å²) in [7, 11) is 1.50. The molecular formula is C25H16BrFN2O4S. The van der Waals surface area contributed by atoms with Crippen LogP contribution in [0.3, 0.4) is 0 Å². The Balaban J connectivity index is 1.73. The van der Waals surface area contributed by atoms with E-state index in [0.717, 1.165) is 15.8 Å². The molecule has 4 aromatic rings. The number of nitrogens with zero attached hydrogens (tertiary/aromatic N) is 2. The number of thiazole rings is 1. The number of ether oxygens (including phenoxy) is 1. The maximum atomic E-state index is 13.7. The molecule has 3 aromatic carbocycles. The van der Waals surface area contributed by atoms with Crippen molar-refractivity contribution in [3.8, 4) is 5.75 Å². The molecular weight excluding hydrogens is 523 g/mol. The van der Waals surface area contributed by atoms with E-state index in [1.807, 2.05) is 0 Å². The lowest BCUT2D eigenvalue weighted by Gasteiger charge is -2.23. The van der Waals surface area contributed by atoms with Crippen molar-refractivity contribution in [2.24, 2.45) is 0 Å². The third-order valence-corrected chi connectivity index (χ3v) is 7.06. The number of aromatic nitrogens is 1. The monoisotopic (exact) mass is 538 g/mol. The number of anilines is 1. The first-order valence-corrected chi connectivity index (χ1v) is 11.8. The molecule has 1 unspecified atom stereocenters. The highest BCUT2D eigenvalue weighted by Crippen LogP contribution is 2.44. The van der Waals surface area contributed by atoms with E-state index in [9.17, 15) is 19.1 Å². The van der Waals surface area contributed by atoms with Gasteiger partial charge in [-0.15, -0.1) is 0 Å². The summed E-state index contributed by atoms with van der Waals surface area (Å²) in [4.78, 5) is 32.2. The Bertz CT molecular complexity index is 1480. The first-order valence-electron chi connectivity index (χ1n) is 10.1. The molecule has 1 amide bonds. The van der Waals surface area contributed by atoms with Gasteiger partial charge in [0.15, 0.2) is 5.13 Å². The predicted molar refractivity (Wildman–Crippen MR) is 131 cm³/mol. The van der Waals surface area contributed by atoms with Gasteiger partial charge in [0.05, 0.1) is 28.9 Å². The van der Waals surface area contributed by atoms with Crippen LogP contribution in [0.15, 0.2) is 76.8 Å². The van der Waals surface area contributed by atoms with Crippen LogP contribution in [0, 0.1) is 5.82 Å². The predicted octanol–water partition coefficient (Wildman–Crippen LogP) is 5.83. The van der Waals surface area contributed by atoms with Crippen LogP contribution >= 0.6 is 27.3 Å². The average Bonchev–Trinajstić information content (AvgIpc) is 3.37. The highest BCUT2D eigenvalue weighted by atomic mass is 79.9. The van der Waals surface area contributed by atoms with Gasteiger partial charge in [-0.3, -0.25) is 14.5 Å². The number of hydrogen-bond acceptors (Lipinski definition) is 6. The van der Waals surface area contributed by atoms with E-state index >= 15 is 0 Å².